The van der Waals surface area contributed by atoms with Crippen LogP contribution in [0.3, 0.4) is 0 Å². The molecule has 1 aromatic heterocycles. The third-order valence-corrected chi connectivity index (χ3v) is 4.57. The van der Waals surface area contributed by atoms with E-state index in [9.17, 15) is 8.78 Å². The summed E-state index contributed by atoms with van der Waals surface area (Å²) in [6.45, 7) is 1.78. The third-order valence-electron chi connectivity index (χ3n) is 3.32. The smallest absolute Gasteiger partial charge is 0.152 e. The van der Waals surface area contributed by atoms with E-state index in [0.717, 1.165) is 11.6 Å². The van der Waals surface area contributed by atoms with Crippen molar-refractivity contribution in [3.05, 3.63) is 63.1 Å². The molecule has 0 fully saturated rings. The van der Waals surface area contributed by atoms with Gasteiger partial charge in [0.1, 0.15) is 11.3 Å². The van der Waals surface area contributed by atoms with Crippen LogP contribution in [-0.4, -0.2) is 4.98 Å². The highest BCUT2D eigenvalue weighted by molar-refractivity contribution is 9.10. The summed E-state index contributed by atoms with van der Waals surface area (Å²) in [4.78, 5) is 4.35. The Morgan fingerprint density at radius 3 is 2.43 bits per heavy atom. The van der Waals surface area contributed by atoms with Crippen LogP contribution in [0.25, 0.3) is 22.2 Å². The third kappa shape index (κ3) is 2.32. The molecule has 0 bridgehead atoms. The van der Waals surface area contributed by atoms with Gasteiger partial charge >= 0.3 is 0 Å². The first-order valence-corrected chi connectivity index (χ1v) is 7.36. The van der Waals surface area contributed by atoms with E-state index in [4.69, 9.17) is 11.6 Å². The van der Waals surface area contributed by atoms with Crippen LogP contribution in [0.15, 0.2) is 40.9 Å². The fourth-order valence-electron chi connectivity index (χ4n) is 2.26. The minimum Gasteiger partial charge on any atom is -0.244 e. The molecule has 1 heterocycles. The molecule has 0 aliphatic carbocycles. The quantitative estimate of drug-likeness (QED) is 0.487. The molecule has 5 heteroatoms. The number of fused-ring (bicyclic) bond motifs is 1. The number of nitrogens with zero attached hydrogens (tertiary/aromatic N) is 1. The van der Waals surface area contributed by atoms with Crippen molar-refractivity contribution in [3.63, 3.8) is 0 Å². The predicted molar refractivity (Wildman–Crippen MR) is 84.5 cm³/mol. The van der Waals surface area contributed by atoms with Crippen LogP contribution < -0.4 is 0 Å². The Balaban J connectivity index is 2.44. The molecule has 0 aliphatic rings. The Bertz CT molecular complexity index is 850. The van der Waals surface area contributed by atoms with E-state index in [-0.39, 0.29) is 15.4 Å². The van der Waals surface area contributed by atoms with E-state index < -0.39 is 11.6 Å². The first kappa shape index (κ1) is 14.4. The molecule has 21 heavy (non-hydrogen) atoms. The predicted octanol–water partition coefficient (Wildman–Crippen LogP) is 5.90. The van der Waals surface area contributed by atoms with Gasteiger partial charge in [-0.15, -0.1) is 0 Å². The molecule has 0 amide bonds. The number of benzene rings is 2. The molecule has 0 aliphatic heterocycles. The fourth-order valence-corrected chi connectivity index (χ4v) is 3.15. The van der Waals surface area contributed by atoms with Crippen molar-refractivity contribution < 1.29 is 8.78 Å². The van der Waals surface area contributed by atoms with Crippen LogP contribution in [0.4, 0.5) is 8.78 Å². The van der Waals surface area contributed by atoms with Gasteiger partial charge in [-0.05, 0) is 28.4 Å². The van der Waals surface area contributed by atoms with Crippen LogP contribution >= 0.6 is 27.5 Å². The van der Waals surface area contributed by atoms with Gasteiger partial charge in [0.15, 0.2) is 5.82 Å². The van der Waals surface area contributed by atoms with Crippen molar-refractivity contribution in [1.29, 1.82) is 0 Å². The van der Waals surface area contributed by atoms with Crippen molar-refractivity contribution in [2.24, 2.45) is 0 Å². The van der Waals surface area contributed by atoms with Gasteiger partial charge in [0.25, 0.3) is 0 Å². The summed E-state index contributed by atoms with van der Waals surface area (Å²) in [7, 11) is 0. The van der Waals surface area contributed by atoms with Crippen LogP contribution in [0.5, 0.6) is 0 Å². The lowest BCUT2D eigenvalue weighted by atomic mass is 10.0. The second-order valence-corrected chi connectivity index (χ2v) is 5.81. The SMILES string of the molecule is Cc1c(-c2ccccc2)nc2c(F)cc(F)c(Br)c2c1Cl. The van der Waals surface area contributed by atoms with Crippen molar-refractivity contribution in [3.8, 4) is 11.3 Å². The molecule has 0 saturated heterocycles. The maximum absolute atomic E-state index is 14.1. The first-order valence-electron chi connectivity index (χ1n) is 6.19. The average Bonchev–Trinajstić information content (AvgIpc) is 2.48. The van der Waals surface area contributed by atoms with Gasteiger partial charge < -0.3 is 0 Å². The number of aromatic nitrogens is 1. The molecule has 0 saturated carbocycles. The van der Waals surface area contributed by atoms with E-state index >= 15 is 0 Å². The Kier molecular flexibility index (Phi) is 3.68. The number of hydrogen-bond acceptors (Lipinski definition) is 1. The molecular weight excluding hydrogens is 360 g/mol. The Morgan fingerprint density at radius 2 is 1.76 bits per heavy atom. The van der Waals surface area contributed by atoms with Gasteiger partial charge in [-0.3, -0.25) is 0 Å². The lowest BCUT2D eigenvalue weighted by molar-refractivity contribution is 0.586. The van der Waals surface area contributed by atoms with Crippen LogP contribution in [0.1, 0.15) is 5.56 Å². The molecule has 0 N–H and O–H groups in total. The van der Waals surface area contributed by atoms with E-state index in [1.807, 2.05) is 30.3 Å². The van der Waals surface area contributed by atoms with E-state index in [0.29, 0.717) is 16.3 Å². The molecule has 3 aromatic rings. The summed E-state index contributed by atoms with van der Waals surface area (Å²) in [5, 5.41) is 0.551. The zero-order chi connectivity index (χ0) is 15.1. The van der Waals surface area contributed by atoms with Gasteiger partial charge in [0.2, 0.25) is 0 Å². The lowest BCUT2D eigenvalue weighted by Gasteiger charge is -2.12. The summed E-state index contributed by atoms with van der Waals surface area (Å²) >= 11 is 9.44. The molecule has 0 unspecified atom stereocenters. The second-order valence-electron chi connectivity index (χ2n) is 4.64. The summed E-state index contributed by atoms with van der Waals surface area (Å²) in [6, 6.07) is 10.2. The van der Waals surface area contributed by atoms with Crippen LogP contribution in [0, 0.1) is 18.6 Å². The van der Waals surface area contributed by atoms with Gasteiger partial charge in [0.05, 0.1) is 15.2 Å². The summed E-state index contributed by atoms with van der Waals surface area (Å²) in [5.74, 6) is -1.43. The molecular formula is C16H9BrClF2N. The number of hydrogen-bond donors (Lipinski definition) is 0. The van der Waals surface area contributed by atoms with Crippen molar-refractivity contribution in [2.45, 2.75) is 6.92 Å². The van der Waals surface area contributed by atoms with Gasteiger partial charge in [-0.25, -0.2) is 13.8 Å². The maximum Gasteiger partial charge on any atom is 0.152 e. The number of rotatable bonds is 1. The van der Waals surface area contributed by atoms with Gasteiger partial charge in [0, 0.05) is 17.0 Å². The summed E-state index contributed by atoms with van der Waals surface area (Å²) in [5.41, 5.74) is 2.16. The topological polar surface area (TPSA) is 12.9 Å². The Morgan fingerprint density at radius 1 is 1.10 bits per heavy atom. The molecule has 0 atom stereocenters. The normalized spacial score (nSPS) is 11.1. The molecule has 2 aromatic carbocycles. The molecule has 1 nitrogen and oxygen atoms in total. The number of halogens is 4. The Hall–Kier alpha value is -1.52. The zero-order valence-electron chi connectivity index (χ0n) is 10.9. The molecule has 106 valence electrons. The van der Waals surface area contributed by atoms with Crippen LogP contribution in [0.2, 0.25) is 5.02 Å². The fraction of sp³-hybridized carbons (Fsp3) is 0.0625. The second kappa shape index (κ2) is 5.35. The largest absolute Gasteiger partial charge is 0.244 e. The van der Waals surface area contributed by atoms with E-state index in [1.165, 1.54) is 0 Å². The minimum atomic E-state index is -0.732. The standard InChI is InChI=1S/C16H9BrClF2N/c1-8-14(18)12-13(17)10(19)7-11(20)16(12)21-15(8)9-5-3-2-4-6-9/h2-7H,1H3. The molecule has 0 radical (unpaired) electrons. The average molecular weight is 369 g/mol. The summed E-state index contributed by atoms with van der Waals surface area (Å²) in [6.07, 6.45) is 0. The Labute approximate surface area is 133 Å². The van der Waals surface area contributed by atoms with Gasteiger partial charge in [-0.2, -0.15) is 0 Å². The van der Waals surface area contributed by atoms with Crippen molar-refractivity contribution in [1.82, 2.24) is 4.98 Å². The monoisotopic (exact) mass is 367 g/mol. The molecule has 3 rings (SSSR count). The van der Waals surface area contributed by atoms with Crippen LogP contribution in [-0.2, 0) is 0 Å². The van der Waals surface area contributed by atoms with E-state index in [2.05, 4.69) is 20.9 Å². The molecule has 0 spiro atoms. The summed E-state index contributed by atoms with van der Waals surface area (Å²) < 4.78 is 27.8. The van der Waals surface area contributed by atoms with Crippen molar-refractivity contribution >= 4 is 38.4 Å². The highest BCUT2D eigenvalue weighted by Crippen LogP contribution is 2.38. The number of pyridine rings is 1. The minimum absolute atomic E-state index is 0.0535. The lowest BCUT2D eigenvalue weighted by Crippen LogP contribution is -1.97. The first-order chi connectivity index (χ1) is 10.0. The zero-order valence-corrected chi connectivity index (χ0v) is 13.3. The highest BCUT2D eigenvalue weighted by Gasteiger charge is 2.19. The van der Waals surface area contributed by atoms with Gasteiger partial charge in [-0.1, -0.05) is 41.9 Å². The maximum atomic E-state index is 14.1. The van der Waals surface area contributed by atoms with Crippen molar-refractivity contribution in [2.75, 3.05) is 0 Å². The van der Waals surface area contributed by atoms with E-state index in [1.54, 1.807) is 6.92 Å². The highest BCUT2D eigenvalue weighted by atomic mass is 79.9.